The summed E-state index contributed by atoms with van der Waals surface area (Å²) in [6, 6.07) is 3.71. The third kappa shape index (κ3) is 4.14. The highest BCUT2D eigenvalue weighted by Gasteiger charge is 2.49. The smallest absolute Gasteiger partial charge is 0.406 e. The molecule has 2 fully saturated rings. The Morgan fingerprint density at radius 3 is 2.38 bits per heavy atom. The Bertz CT molecular complexity index is 829. The topological polar surface area (TPSA) is 79.4 Å². The molecule has 0 spiro atoms. The molecule has 2 aliphatic heterocycles. The number of rotatable bonds is 6. The first-order valence-corrected chi connectivity index (χ1v) is 8.86. The van der Waals surface area contributed by atoms with Gasteiger partial charge >= 0.3 is 24.0 Å². The maximum absolute atomic E-state index is 12.6. The summed E-state index contributed by atoms with van der Waals surface area (Å²) < 4.78 is 48.5. The van der Waals surface area contributed by atoms with E-state index in [1.165, 1.54) is 14.2 Å². The molecule has 0 radical (unpaired) electrons. The van der Waals surface area contributed by atoms with E-state index in [4.69, 9.17) is 9.47 Å². The lowest BCUT2D eigenvalue weighted by molar-refractivity contribution is -0.156. The number of hydrogen-bond donors (Lipinski definition) is 0. The number of nitrogens with zero attached hydrogens (tertiary/aromatic N) is 3. The highest BCUT2D eigenvalue weighted by Crippen LogP contribution is 2.39. The third-order valence-electron chi connectivity index (χ3n) is 4.96. The third-order valence-corrected chi connectivity index (χ3v) is 4.96. The molecule has 3 rings (SSSR count). The van der Waals surface area contributed by atoms with Crippen LogP contribution in [-0.4, -0.2) is 72.7 Å². The first-order valence-electron chi connectivity index (χ1n) is 8.86. The molecule has 1 aromatic rings. The fourth-order valence-corrected chi connectivity index (χ4v) is 3.62. The van der Waals surface area contributed by atoms with E-state index in [0.29, 0.717) is 29.4 Å². The Morgan fingerprint density at radius 1 is 1.07 bits per heavy atom. The van der Waals surface area contributed by atoms with Crippen molar-refractivity contribution >= 4 is 17.8 Å². The van der Waals surface area contributed by atoms with Crippen molar-refractivity contribution < 1.29 is 37.0 Å². The van der Waals surface area contributed by atoms with E-state index in [2.05, 4.69) is 0 Å². The minimum Gasteiger partial charge on any atom is -0.497 e. The molecule has 0 N–H and O–H groups in total. The van der Waals surface area contributed by atoms with Gasteiger partial charge in [-0.2, -0.15) is 13.2 Å². The Balaban J connectivity index is 1.82. The number of benzene rings is 1. The summed E-state index contributed by atoms with van der Waals surface area (Å²) >= 11 is 0. The first kappa shape index (κ1) is 20.9. The molecule has 158 valence electrons. The van der Waals surface area contributed by atoms with E-state index in [1.54, 1.807) is 23.1 Å². The summed E-state index contributed by atoms with van der Waals surface area (Å²) in [6.45, 7) is -1.58. The standard InChI is InChI=1S/C18H20F3N3O5/c1-28-11-5-6-14(29-2)12(8-11)13-4-3-7-22(13)10-24-16(26)15(25)23(17(24)27)9-18(19,20)21/h5-6,8,13H,3-4,7,9-10H2,1-2H3/t13-/m1/s1. The van der Waals surface area contributed by atoms with Gasteiger partial charge in [-0.15, -0.1) is 0 Å². The molecule has 2 saturated heterocycles. The van der Waals surface area contributed by atoms with Gasteiger partial charge in [0.15, 0.2) is 0 Å². The van der Waals surface area contributed by atoms with Crippen LogP contribution in [0.5, 0.6) is 11.5 Å². The lowest BCUT2D eigenvalue weighted by Gasteiger charge is -2.29. The van der Waals surface area contributed by atoms with Gasteiger partial charge in [-0.25, -0.2) is 14.6 Å². The van der Waals surface area contributed by atoms with Crippen LogP contribution in [0.4, 0.5) is 18.0 Å². The predicted octanol–water partition coefficient (Wildman–Crippen LogP) is 2.15. The average Bonchev–Trinajstić information content (AvgIpc) is 3.21. The van der Waals surface area contributed by atoms with Crippen LogP contribution in [0.25, 0.3) is 0 Å². The molecule has 0 bridgehead atoms. The van der Waals surface area contributed by atoms with E-state index in [0.717, 1.165) is 12.0 Å². The molecule has 0 saturated carbocycles. The van der Waals surface area contributed by atoms with Gasteiger partial charge in [-0.1, -0.05) is 0 Å². The highest BCUT2D eigenvalue weighted by molar-refractivity contribution is 6.44. The summed E-state index contributed by atoms with van der Waals surface area (Å²) in [4.78, 5) is 38.6. The van der Waals surface area contributed by atoms with Gasteiger partial charge in [0.05, 0.1) is 20.9 Å². The molecule has 0 aliphatic carbocycles. The van der Waals surface area contributed by atoms with E-state index in [-0.39, 0.29) is 17.6 Å². The Labute approximate surface area is 164 Å². The monoisotopic (exact) mass is 415 g/mol. The molecule has 11 heteroatoms. The van der Waals surface area contributed by atoms with Crippen LogP contribution in [0.3, 0.4) is 0 Å². The SMILES string of the molecule is COc1ccc(OC)c([C@H]2CCCN2CN2C(=O)C(=O)N(CC(F)(F)F)C2=O)c1. The average molecular weight is 415 g/mol. The number of methoxy groups -OCH3 is 2. The van der Waals surface area contributed by atoms with Crippen molar-refractivity contribution in [1.82, 2.24) is 14.7 Å². The summed E-state index contributed by atoms with van der Waals surface area (Å²) in [7, 11) is 3.02. The first-order chi connectivity index (χ1) is 13.7. The van der Waals surface area contributed by atoms with Gasteiger partial charge < -0.3 is 9.47 Å². The van der Waals surface area contributed by atoms with Crippen LogP contribution in [-0.2, 0) is 9.59 Å². The molecule has 2 heterocycles. The van der Waals surface area contributed by atoms with Crippen LogP contribution >= 0.6 is 0 Å². The summed E-state index contributed by atoms with van der Waals surface area (Å²) in [5.74, 6) is -1.56. The predicted molar refractivity (Wildman–Crippen MR) is 93.1 cm³/mol. The van der Waals surface area contributed by atoms with E-state index < -0.39 is 30.6 Å². The minimum atomic E-state index is -4.79. The second kappa shape index (κ2) is 7.90. The summed E-state index contributed by atoms with van der Waals surface area (Å²) in [6.07, 6.45) is -3.37. The Kier molecular flexibility index (Phi) is 5.69. The number of imide groups is 2. The molecule has 0 unspecified atom stereocenters. The molecule has 4 amide bonds. The van der Waals surface area contributed by atoms with Gasteiger partial charge in [0, 0.05) is 18.2 Å². The minimum absolute atomic E-state index is 0.0699. The molecule has 2 aliphatic rings. The fourth-order valence-electron chi connectivity index (χ4n) is 3.62. The van der Waals surface area contributed by atoms with Crippen LogP contribution in [0.2, 0.25) is 0 Å². The van der Waals surface area contributed by atoms with E-state index >= 15 is 0 Å². The van der Waals surface area contributed by atoms with Crippen molar-refractivity contribution in [2.45, 2.75) is 25.1 Å². The van der Waals surface area contributed by atoms with Crippen molar-refractivity contribution in [2.75, 3.05) is 34.0 Å². The Hall–Kier alpha value is -2.82. The zero-order valence-corrected chi connectivity index (χ0v) is 15.9. The zero-order chi connectivity index (χ0) is 21.3. The van der Waals surface area contributed by atoms with Crippen molar-refractivity contribution in [2.24, 2.45) is 0 Å². The number of urea groups is 1. The van der Waals surface area contributed by atoms with Crippen molar-refractivity contribution in [3.8, 4) is 11.5 Å². The molecule has 8 nitrogen and oxygen atoms in total. The second-order valence-electron chi connectivity index (χ2n) is 6.74. The zero-order valence-electron chi connectivity index (χ0n) is 15.9. The van der Waals surface area contributed by atoms with Crippen LogP contribution in [0, 0.1) is 0 Å². The lowest BCUT2D eigenvalue weighted by atomic mass is 10.0. The highest BCUT2D eigenvalue weighted by atomic mass is 19.4. The number of carbonyl (C=O) groups is 3. The number of hydrogen-bond acceptors (Lipinski definition) is 6. The van der Waals surface area contributed by atoms with Gasteiger partial charge in [0.1, 0.15) is 18.0 Å². The maximum atomic E-state index is 12.6. The number of ether oxygens (including phenoxy) is 2. The molecule has 0 aromatic heterocycles. The molecule has 1 aromatic carbocycles. The number of carbonyl (C=O) groups excluding carboxylic acids is 3. The largest absolute Gasteiger partial charge is 0.497 e. The van der Waals surface area contributed by atoms with E-state index in [9.17, 15) is 27.6 Å². The summed E-state index contributed by atoms with van der Waals surface area (Å²) in [5.41, 5.74) is 0.766. The normalized spacial score (nSPS) is 20.7. The van der Waals surface area contributed by atoms with Crippen LogP contribution < -0.4 is 9.47 Å². The quantitative estimate of drug-likeness (QED) is 0.523. The van der Waals surface area contributed by atoms with Gasteiger partial charge in [0.2, 0.25) is 0 Å². The van der Waals surface area contributed by atoms with E-state index in [1.807, 2.05) is 0 Å². The molecule has 1 atom stereocenters. The fraction of sp³-hybridized carbons (Fsp3) is 0.500. The van der Waals surface area contributed by atoms with Crippen LogP contribution in [0.1, 0.15) is 24.4 Å². The number of amides is 4. The van der Waals surface area contributed by atoms with Crippen LogP contribution in [0.15, 0.2) is 18.2 Å². The Morgan fingerprint density at radius 2 is 1.76 bits per heavy atom. The van der Waals surface area contributed by atoms with Gasteiger partial charge in [0.25, 0.3) is 0 Å². The van der Waals surface area contributed by atoms with Crippen molar-refractivity contribution in [3.63, 3.8) is 0 Å². The van der Waals surface area contributed by atoms with Crippen molar-refractivity contribution in [1.29, 1.82) is 0 Å². The molecular weight excluding hydrogens is 395 g/mol. The second-order valence-corrected chi connectivity index (χ2v) is 6.74. The number of likely N-dealkylation sites (tertiary alicyclic amines) is 1. The van der Waals surface area contributed by atoms with Crippen molar-refractivity contribution in [3.05, 3.63) is 23.8 Å². The maximum Gasteiger partial charge on any atom is 0.406 e. The lowest BCUT2D eigenvalue weighted by Crippen LogP contribution is -2.43. The molecule has 29 heavy (non-hydrogen) atoms. The van der Waals surface area contributed by atoms with Gasteiger partial charge in [-0.05, 0) is 31.0 Å². The summed E-state index contributed by atoms with van der Waals surface area (Å²) in [5, 5.41) is 0. The number of alkyl halides is 3. The number of halogens is 3. The van der Waals surface area contributed by atoms with Gasteiger partial charge in [-0.3, -0.25) is 14.5 Å². The molecular formula is C18H20F3N3O5.